The number of methoxy groups -OCH3 is 4. The van der Waals surface area contributed by atoms with E-state index in [0.29, 0.717) is 63.2 Å². The van der Waals surface area contributed by atoms with Crippen molar-refractivity contribution < 1.29 is 43.1 Å². The molecule has 1 aliphatic carbocycles. The van der Waals surface area contributed by atoms with E-state index in [1.54, 1.807) is 40.0 Å². The lowest BCUT2D eigenvalue weighted by Crippen LogP contribution is -2.44. The third-order valence-electron chi connectivity index (χ3n) is 7.33. The van der Waals surface area contributed by atoms with Crippen molar-refractivity contribution in [2.24, 2.45) is 5.92 Å². The molecule has 1 aliphatic heterocycles. The van der Waals surface area contributed by atoms with Gasteiger partial charge in [0.05, 0.1) is 28.4 Å². The molecule has 9 nitrogen and oxygen atoms in total. The van der Waals surface area contributed by atoms with Crippen LogP contribution in [0.4, 0.5) is 0 Å². The monoisotopic (exact) mass is 514 g/mol. The van der Waals surface area contributed by atoms with Gasteiger partial charge in [-0.15, -0.1) is 0 Å². The average Bonchev–Trinajstić information content (AvgIpc) is 3.36. The van der Waals surface area contributed by atoms with Crippen molar-refractivity contribution >= 4 is 5.97 Å². The predicted molar refractivity (Wildman–Crippen MR) is 136 cm³/mol. The van der Waals surface area contributed by atoms with Crippen molar-refractivity contribution in [1.29, 1.82) is 0 Å². The van der Waals surface area contributed by atoms with Crippen LogP contribution >= 0.6 is 0 Å². The summed E-state index contributed by atoms with van der Waals surface area (Å²) in [6, 6.07) is 3.60. The Labute approximate surface area is 216 Å². The van der Waals surface area contributed by atoms with Crippen molar-refractivity contribution in [2.75, 3.05) is 35.2 Å². The molecule has 0 radical (unpaired) electrons. The standard InChI is InChI=1S/C28H34O9/c1-9-14(2)27(29)37-26-17-12-18(31-5)22(32-6)25(34-8)21(17)20-16(10-15(3)28(26,4)30)11-19-23(24(20)33-7)36-13-35-19/h9,11-12,15,26,30H,10,13H2,1-8H3/b14-9-. The molecule has 200 valence electrons. The van der Waals surface area contributed by atoms with Crippen molar-refractivity contribution in [2.45, 2.75) is 45.8 Å². The lowest BCUT2D eigenvalue weighted by atomic mass is 9.73. The maximum Gasteiger partial charge on any atom is 0.334 e. The molecule has 2 aromatic rings. The predicted octanol–water partition coefficient (Wildman–Crippen LogP) is 4.61. The number of carbonyl (C=O) groups excluding carboxylic acids is 1. The molecule has 0 bridgehead atoms. The molecule has 4 rings (SSSR count). The Kier molecular flexibility index (Phi) is 7.19. The summed E-state index contributed by atoms with van der Waals surface area (Å²) >= 11 is 0. The van der Waals surface area contributed by atoms with Crippen LogP contribution in [0.5, 0.6) is 34.5 Å². The molecule has 0 spiro atoms. The van der Waals surface area contributed by atoms with Crippen LogP contribution in [0.25, 0.3) is 11.1 Å². The van der Waals surface area contributed by atoms with E-state index in [1.165, 1.54) is 21.3 Å². The van der Waals surface area contributed by atoms with E-state index in [2.05, 4.69) is 0 Å². The first kappa shape index (κ1) is 26.5. The minimum absolute atomic E-state index is 0.0562. The highest BCUT2D eigenvalue weighted by atomic mass is 16.7. The van der Waals surface area contributed by atoms with E-state index in [4.69, 9.17) is 33.2 Å². The molecule has 9 heteroatoms. The van der Waals surface area contributed by atoms with Gasteiger partial charge in [-0.1, -0.05) is 13.0 Å². The number of benzene rings is 2. The lowest BCUT2D eigenvalue weighted by molar-refractivity contribution is -0.166. The highest BCUT2D eigenvalue weighted by molar-refractivity contribution is 5.90. The molecule has 1 heterocycles. The van der Waals surface area contributed by atoms with Gasteiger partial charge >= 0.3 is 5.97 Å². The summed E-state index contributed by atoms with van der Waals surface area (Å²) in [6.07, 6.45) is 0.998. The quantitative estimate of drug-likeness (QED) is 0.437. The second-order valence-corrected chi connectivity index (χ2v) is 9.38. The summed E-state index contributed by atoms with van der Waals surface area (Å²) in [5, 5.41) is 12.0. The van der Waals surface area contributed by atoms with Gasteiger partial charge < -0.3 is 38.3 Å². The van der Waals surface area contributed by atoms with Crippen molar-refractivity contribution in [3.05, 3.63) is 34.9 Å². The van der Waals surface area contributed by atoms with Crippen LogP contribution < -0.4 is 28.4 Å². The molecule has 0 saturated carbocycles. The SMILES string of the molecule is C/C=C(/C)C(=O)OC1c2cc(OC)c(OC)c(OC)c2-c2c(cc3c(c2OC)OCO3)CC(C)C1(C)O. The summed E-state index contributed by atoms with van der Waals surface area (Å²) in [7, 11) is 6.08. The highest BCUT2D eigenvalue weighted by Crippen LogP contribution is 2.59. The van der Waals surface area contributed by atoms with Crippen LogP contribution in [0.2, 0.25) is 0 Å². The van der Waals surface area contributed by atoms with E-state index in [-0.39, 0.29) is 12.7 Å². The first-order valence-corrected chi connectivity index (χ1v) is 12.0. The van der Waals surface area contributed by atoms with Gasteiger partial charge in [-0.05, 0) is 50.8 Å². The Bertz CT molecular complexity index is 1250. The molecule has 1 N–H and O–H groups in total. The van der Waals surface area contributed by atoms with Gasteiger partial charge in [0.1, 0.15) is 5.60 Å². The number of ether oxygens (including phenoxy) is 7. The van der Waals surface area contributed by atoms with Gasteiger partial charge in [-0.2, -0.15) is 0 Å². The summed E-state index contributed by atoms with van der Waals surface area (Å²) < 4.78 is 40.6. The number of hydrogen-bond acceptors (Lipinski definition) is 9. The number of fused-ring (bicyclic) bond motifs is 4. The molecule has 0 amide bonds. The normalized spacial score (nSPS) is 22.2. The summed E-state index contributed by atoms with van der Waals surface area (Å²) in [6.45, 7) is 7.05. The Morgan fingerprint density at radius 3 is 2.30 bits per heavy atom. The minimum atomic E-state index is -1.48. The Hall–Kier alpha value is -3.59. The van der Waals surface area contributed by atoms with E-state index >= 15 is 0 Å². The topological polar surface area (TPSA) is 102 Å². The number of carbonyl (C=O) groups is 1. The second kappa shape index (κ2) is 10.0. The fourth-order valence-corrected chi connectivity index (χ4v) is 4.94. The zero-order chi connectivity index (χ0) is 27.1. The van der Waals surface area contributed by atoms with E-state index in [0.717, 1.165) is 5.56 Å². The van der Waals surface area contributed by atoms with E-state index < -0.39 is 17.7 Å². The fourth-order valence-electron chi connectivity index (χ4n) is 4.94. The molecule has 2 aliphatic rings. The zero-order valence-corrected chi connectivity index (χ0v) is 22.5. The maximum atomic E-state index is 13.0. The number of rotatable bonds is 6. The van der Waals surface area contributed by atoms with Crippen molar-refractivity contribution in [3.63, 3.8) is 0 Å². The van der Waals surface area contributed by atoms with Gasteiger partial charge in [-0.3, -0.25) is 0 Å². The first-order chi connectivity index (χ1) is 17.6. The molecular weight excluding hydrogens is 480 g/mol. The summed E-state index contributed by atoms with van der Waals surface area (Å²) in [5.41, 5.74) is 1.46. The summed E-state index contributed by atoms with van der Waals surface area (Å²) in [5.74, 6) is 1.60. The lowest BCUT2D eigenvalue weighted by Gasteiger charge is -2.41. The minimum Gasteiger partial charge on any atom is -0.493 e. The van der Waals surface area contributed by atoms with Crippen molar-refractivity contribution in [3.8, 4) is 45.6 Å². The van der Waals surface area contributed by atoms with Gasteiger partial charge in [0.15, 0.2) is 29.1 Å². The Morgan fingerprint density at radius 1 is 1.03 bits per heavy atom. The Balaban J connectivity index is 2.17. The van der Waals surface area contributed by atoms with Crippen LogP contribution in [-0.2, 0) is 16.0 Å². The molecular formula is C28H34O9. The number of hydrogen-bond donors (Lipinski definition) is 1. The zero-order valence-electron chi connectivity index (χ0n) is 22.5. The molecule has 0 aromatic heterocycles. The van der Waals surface area contributed by atoms with Crippen LogP contribution in [0, 0.1) is 5.92 Å². The van der Waals surface area contributed by atoms with Crippen LogP contribution in [-0.4, -0.2) is 51.9 Å². The van der Waals surface area contributed by atoms with Gasteiger partial charge in [0.2, 0.25) is 18.3 Å². The van der Waals surface area contributed by atoms with Gasteiger partial charge in [0, 0.05) is 22.3 Å². The number of esters is 1. The van der Waals surface area contributed by atoms with E-state index in [9.17, 15) is 9.90 Å². The molecule has 37 heavy (non-hydrogen) atoms. The Morgan fingerprint density at radius 2 is 1.70 bits per heavy atom. The molecule has 3 atom stereocenters. The largest absolute Gasteiger partial charge is 0.493 e. The van der Waals surface area contributed by atoms with Gasteiger partial charge in [-0.25, -0.2) is 4.79 Å². The molecule has 3 unspecified atom stereocenters. The van der Waals surface area contributed by atoms with Crippen LogP contribution in [0.1, 0.15) is 44.9 Å². The highest BCUT2D eigenvalue weighted by Gasteiger charge is 2.47. The summed E-state index contributed by atoms with van der Waals surface area (Å²) in [4.78, 5) is 13.0. The van der Waals surface area contributed by atoms with Crippen LogP contribution in [0.3, 0.4) is 0 Å². The average molecular weight is 515 g/mol. The van der Waals surface area contributed by atoms with Crippen LogP contribution in [0.15, 0.2) is 23.8 Å². The number of aliphatic hydroxyl groups is 1. The van der Waals surface area contributed by atoms with Crippen molar-refractivity contribution in [1.82, 2.24) is 0 Å². The molecule has 0 fully saturated rings. The second-order valence-electron chi connectivity index (χ2n) is 9.38. The third kappa shape index (κ3) is 4.21. The van der Waals surface area contributed by atoms with Gasteiger partial charge in [0.25, 0.3) is 0 Å². The smallest absolute Gasteiger partial charge is 0.334 e. The molecule has 2 aromatic carbocycles. The molecule has 0 saturated heterocycles. The number of allylic oxidation sites excluding steroid dienone is 1. The van der Waals surface area contributed by atoms with E-state index in [1.807, 2.05) is 13.0 Å². The maximum absolute atomic E-state index is 13.0. The first-order valence-electron chi connectivity index (χ1n) is 12.0. The third-order valence-corrected chi connectivity index (χ3v) is 7.33. The fraction of sp³-hybridized carbons (Fsp3) is 0.464.